The summed E-state index contributed by atoms with van der Waals surface area (Å²) in [5.41, 5.74) is 4.20. The van der Waals surface area contributed by atoms with Crippen molar-refractivity contribution in [1.82, 2.24) is 10.4 Å². The molecule has 3 aromatic rings. The number of ether oxygens (including phenoxy) is 1. The van der Waals surface area contributed by atoms with Crippen LogP contribution < -0.4 is 10.2 Å². The molecule has 0 saturated carbocycles. The molecule has 0 radical (unpaired) electrons. The van der Waals surface area contributed by atoms with Crippen molar-refractivity contribution in [3.63, 3.8) is 0 Å². The van der Waals surface area contributed by atoms with Crippen molar-refractivity contribution in [2.45, 2.75) is 6.92 Å². The van der Waals surface area contributed by atoms with Crippen LogP contribution in [0.15, 0.2) is 53.6 Å². The van der Waals surface area contributed by atoms with Gasteiger partial charge in [-0.25, -0.2) is 14.8 Å². The maximum Gasteiger partial charge on any atom is 0.283 e. The Morgan fingerprint density at radius 3 is 2.65 bits per heavy atom. The van der Waals surface area contributed by atoms with E-state index in [0.717, 1.165) is 22.6 Å². The molecule has 0 aliphatic rings. The van der Waals surface area contributed by atoms with Crippen LogP contribution in [0, 0.1) is 12.7 Å². The molecule has 0 aliphatic heterocycles. The van der Waals surface area contributed by atoms with Gasteiger partial charge in [-0.2, -0.15) is 5.10 Å². The molecule has 0 fully saturated rings. The van der Waals surface area contributed by atoms with Crippen LogP contribution in [0.4, 0.5) is 4.39 Å². The zero-order valence-corrected chi connectivity index (χ0v) is 15.0. The average Bonchev–Trinajstić information content (AvgIpc) is 3.04. The lowest BCUT2D eigenvalue weighted by atomic mass is 10.2. The number of thiazole rings is 1. The van der Waals surface area contributed by atoms with Crippen LogP contribution in [-0.4, -0.2) is 24.2 Å². The topological polar surface area (TPSA) is 63.6 Å². The van der Waals surface area contributed by atoms with E-state index in [2.05, 4.69) is 15.5 Å². The van der Waals surface area contributed by atoms with Crippen LogP contribution in [0.5, 0.6) is 5.75 Å². The highest BCUT2D eigenvalue weighted by atomic mass is 32.1. The number of carbonyl (C=O) groups is 1. The molecular weight excluding hydrogens is 353 g/mol. The van der Waals surface area contributed by atoms with Gasteiger partial charge in [0.15, 0.2) is 0 Å². The monoisotopic (exact) mass is 369 g/mol. The number of methoxy groups -OCH3 is 1. The third-order valence-electron chi connectivity index (χ3n) is 3.60. The van der Waals surface area contributed by atoms with Gasteiger partial charge in [-0.3, -0.25) is 4.79 Å². The molecule has 0 bridgehead atoms. The Kier molecular flexibility index (Phi) is 5.38. The van der Waals surface area contributed by atoms with Gasteiger partial charge in [0.1, 0.15) is 21.5 Å². The van der Waals surface area contributed by atoms with Crippen LogP contribution >= 0.6 is 11.3 Å². The number of aryl methyl sites for hydroxylation is 1. The number of amides is 1. The molecule has 26 heavy (non-hydrogen) atoms. The minimum atomic E-state index is -0.382. The molecule has 1 heterocycles. The van der Waals surface area contributed by atoms with Gasteiger partial charge < -0.3 is 4.74 Å². The van der Waals surface area contributed by atoms with E-state index in [1.807, 2.05) is 12.1 Å². The normalized spacial score (nSPS) is 10.9. The SMILES string of the molecule is COc1ccc(/C=N/NC(=O)c2sc(-c3ccccc3F)nc2C)cc1. The number of hydrazone groups is 1. The minimum Gasteiger partial charge on any atom is -0.497 e. The number of benzene rings is 2. The van der Waals surface area contributed by atoms with E-state index in [4.69, 9.17) is 4.74 Å². The second kappa shape index (κ2) is 7.88. The van der Waals surface area contributed by atoms with Crippen molar-refractivity contribution < 1.29 is 13.9 Å². The van der Waals surface area contributed by atoms with Crippen LogP contribution in [0.2, 0.25) is 0 Å². The smallest absolute Gasteiger partial charge is 0.283 e. The summed E-state index contributed by atoms with van der Waals surface area (Å²) in [6.45, 7) is 1.71. The largest absolute Gasteiger partial charge is 0.497 e. The van der Waals surface area contributed by atoms with Crippen molar-refractivity contribution in [2.75, 3.05) is 7.11 Å². The minimum absolute atomic E-state index is 0.370. The first-order chi connectivity index (χ1) is 12.6. The Morgan fingerprint density at radius 2 is 1.96 bits per heavy atom. The van der Waals surface area contributed by atoms with Crippen LogP contribution in [-0.2, 0) is 0 Å². The number of carbonyl (C=O) groups excluding carboxylic acids is 1. The number of hydrogen-bond donors (Lipinski definition) is 1. The molecule has 7 heteroatoms. The van der Waals surface area contributed by atoms with Crippen molar-refractivity contribution in [1.29, 1.82) is 0 Å². The molecule has 1 N–H and O–H groups in total. The Bertz CT molecular complexity index is 952. The molecule has 132 valence electrons. The first-order valence-electron chi connectivity index (χ1n) is 7.78. The number of nitrogens with zero attached hydrogens (tertiary/aromatic N) is 2. The predicted molar refractivity (Wildman–Crippen MR) is 100 cm³/mol. The standard InChI is InChI=1S/C19H16FN3O2S/c1-12-17(26-19(22-12)15-5-3-4-6-16(15)20)18(24)23-21-11-13-7-9-14(25-2)10-8-13/h3-11H,1-2H3,(H,23,24)/b21-11+. The van der Waals surface area contributed by atoms with E-state index >= 15 is 0 Å². The molecule has 0 spiro atoms. The van der Waals surface area contributed by atoms with Gasteiger partial charge >= 0.3 is 0 Å². The van der Waals surface area contributed by atoms with Gasteiger partial charge in [0.2, 0.25) is 0 Å². The van der Waals surface area contributed by atoms with Gasteiger partial charge in [0.25, 0.3) is 5.91 Å². The molecule has 3 rings (SSSR count). The van der Waals surface area contributed by atoms with Crippen molar-refractivity contribution in [3.8, 4) is 16.3 Å². The first-order valence-corrected chi connectivity index (χ1v) is 8.60. The van der Waals surface area contributed by atoms with E-state index in [-0.39, 0.29) is 11.7 Å². The molecule has 2 aromatic carbocycles. The fourth-order valence-electron chi connectivity index (χ4n) is 2.26. The van der Waals surface area contributed by atoms with E-state index in [9.17, 15) is 9.18 Å². The zero-order valence-electron chi connectivity index (χ0n) is 14.2. The Morgan fingerprint density at radius 1 is 1.23 bits per heavy atom. The fraction of sp³-hybridized carbons (Fsp3) is 0.105. The summed E-state index contributed by atoms with van der Waals surface area (Å²) in [5, 5.41) is 4.42. The summed E-state index contributed by atoms with van der Waals surface area (Å²) in [4.78, 5) is 17.0. The molecule has 0 unspecified atom stereocenters. The van der Waals surface area contributed by atoms with Gasteiger partial charge in [-0.15, -0.1) is 11.3 Å². The van der Waals surface area contributed by atoms with Crippen molar-refractivity contribution >= 4 is 23.5 Å². The number of aromatic nitrogens is 1. The molecule has 1 amide bonds. The maximum absolute atomic E-state index is 13.9. The lowest BCUT2D eigenvalue weighted by Gasteiger charge is -1.99. The second-order valence-electron chi connectivity index (χ2n) is 5.39. The Balaban J connectivity index is 1.72. The Hall–Kier alpha value is -3.06. The molecule has 0 saturated heterocycles. The fourth-order valence-corrected chi connectivity index (χ4v) is 3.25. The summed E-state index contributed by atoms with van der Waals surface area (Å²) in [7, 11) is 1.59. The van der Waals surface area contributed by atoms with Crippen LogP contribution in [0.25, 0.3) is 10.6 Å². The van der Waals surface area contributed by atoms with Crippen LogP contribution in [0.1, 0.15) is 20.9 Å². The van der Waals surface area contributed by atoms with Crippen molar-refractivity contribution in [2.24, 2.45) is 5.10 Å². The van der Waals surface area contributed by atoms with E-state index < -0.39 is 0 Å². The molecule has 0 atom stereocenters. The van der Waals surface area contributed by atoms with Crippen molar-refractivity contribution in [3.05, 3.63) is 70.5 Å². The highest BCUT2D eigenvalue weighted by Gasteiger charge is 2.17. The summed E-state index contributed by atoms with van der Waals surface area (Å²) in [6.07, 6.45) is 1.53. The number of hydrogen-bond acceptors (Lipinski definition) is 5. The molecule has 5 nitrogen and oxygen atoms in total. The van der Waals surface area contributed by atoms with Gasteiger partial charge in [0, 0.05) is 5.56 Å². The van der Waals surface area contributed by atoms with Crippen LogP contribution in [0.3, 0.4) is 0 Å². The van der Waals surface area contributed by atoms with E-state index in [1.165, 1.54) is 12.3 Å². The highest BCUT2D eigenvalue weighted by molar-refractivity contribution is 7.17. The molecule has 0 aliphatic carbocycles. The third-order valence-corrected chi connectivity index (χ3v) is 4.79. The Labute approximate surface area is 154 Å². The molecular formula is C19H16FN3O2S. The quantitative estimate of drug-likeness (QED) is 0.545. The lowest BCUT2D eigenvalue weighted by molar-refractivity contribution is 0.0958. The van der Waals surface area contributed by atoms with Gasteiger partial charge in [0.05, 0.1) is 19.0 Å². The first kappa shape index (κ1) is 17.8. The zero-order chi connectivity index (χ0) is 18.5. The average molecular weight is 369 g/mol. The maximum atomic E-state index is 13.9. The number of rotatable bonds is 5. The third kappa shape index (κ3) is 3.94. The summed E-state index contributed by atoms with van der Waals surface area (Å²) < 4.78 is 19.0. The lowest BCUT2D eigenvalue weighted by Crippen LogP contribution is -2.17. The second-order valence-corrected chi connectivity index (χ2v) is 6.38. The predicted octanol–water partition coefficient (Wildman–Crippen LogP) is 4.03. The summed E-state index contributed by atoms with van der Waals surface area (Å²) in [6, 6.07) is 13.6. The summed E-state index contributed by atoms with van der Waals surface area (Å²) >= 11 is 1.13. The summed E-state index contributed by atoms with van der Waals surface area (Å²) in [5.74, 6) is -0.00905. The van der Waals surface area contributed by atoms with Gasteiger partial charge in [-0.05, 0) is 48.9 Å². The highest BCUT2D eigenvalue weighted by Crippen LogP contribution is 2.29. The number of halogens is 1. The van der Waals surface area contributed by atoms with E-state index in [0.29, 0.717) is 21.1 Å². The number of nitrogens with one attached hydrogen (secondary N) is 1. The van der Waals surface area contributed by atoms with E-state index in [1.54, 1.807) is 44.4 Å². The molecule has 1 aromatic heterocycles. The van der Waals surface area contributed by atoms with Gasteiger partial charge in [-0.1, -0.05) is 12.1 Å².